The fourth-order valence-electron chi connectivity index (χ4n) is 3.13. The van der Waals surface area contributed by atoms with E-state index in [1.807, 2.05) is 0 Å². The second kappa shape index (κ2) is 6.54. The first kappa shape index (κ1) is 15.9. The third kappa shape index (κ3) is 3.80. The molecule has 0 bridgehead atoms. The molecule has 1 aliphatic carbocycles. The van der Waals surface area contributed by atoms with Gasteiger partial charge in [0.15, 0.2) is 5.82 Å². The number of hydrogen-bond donors (Lipinski definition) is 1. The van der Waals surface area contributed by atoms with Crippen LogP contribution in [0.2, 0.25) is 0 Å². The first-order valence-electron chi connectivity index (χ1n) is 7.84. The van der Waals surface area contributed by atoms with E-state index in [2.05, 4.69) is 31.1 Å². The zero-order valence-electron chi connectivity index (χ0n) is 13.2. The SMILES string of the molecule is CCC(C)(C)C1CCC(NC(=O)c2ccncc2F)CC1. The topological polar surface area (TPSA) is 42.0 Å². The molecule has 0 aliphatic heterocycles. The molecule has 1 heterocycles. The molecule has 1 aromatic heterocycles. The van der Waals surface area contributed by atoms with Crippen molar-refractivity contribution in [3.63, 3.8) is 0 Å². The van der Waals surface area contributed by atoms with Gasteiger partial charge >= 0.3 is 0 Å². The van der Waals surface area contributed by atoms with Crippen molar-refractivity contribution in [1.29, 1.82) is 0 Å². The van der Waals surface area contributed by atoms with Gasteiger partial charge < -0.3 is 5.32 Å². The molecule has 4 heteroatoms. The average Bonchev–Trinajstić information content (AvgIpc) is 2.48. The zero-order chi connectivity index (χ0) is 15.5. The van der Waals surface area contributed by atoms with Gasteiger partial charge in [-0.15, -0.1) is 0 Å². The van der Waals surface area contributed by atoms with E-state index in [0.717, 1.165) is 31.9 Å². The Hall–Kier alpha value is -1.45. The normalized spacial score (nSPS) is 22.9. The van der Waals surface area contributed by atoms with E-state index in [1.165, 1.54) is 18.7 Å². The van der Waals surface area contributed by atoms with Crippen molar-refractivity contribution < 1.29 is 9.18 Å². The Bertz CT molecular complexity index is 493. The highest BCUT2D eigenvalue weighted by Crippen LogP contribution is 2.40. The number of nitrogens with one attached hydrogen (secondary N) is 1. The third-order valence-electron chi connectivity index (χ3n) is 5.10. The van der Waals surface area contributed by atoms with Crippen LogP contribution in [-0.4, -0.2) is 16.9 Å². The maximum atomic E-state index is 13.5. The molecule has 0 spiro atoms. The van der Waals surface area contributed by atoms with Crippen molar-refractivity contribution in [3.8, 4) is 0 Å². The van der Waals surface area contributed by atoms with Crippen LogP contribution < -0.4 is 5.32 Å². The molecule has 0 radical (unpaired) electrons. The summed E-state index contributed by atoms with van der Waals surface area (Å²) in [4.78, 5) is 15.8. The van der Waals surface area contributed by atoms with E-state index in [9.17, 15) is 9.18 Å². The largest absolute Gasteiger partial charge is 0.349 e. The maximum absolute atomic E-state index is 13.5. The fraction of sp³-hybridized carbons (Fsp3) is 0.647. The van der Waals surface area contributed by atoms with Crippen molar-refractivity contribution in [2.75, 3.05) is 0 Å². The molecular formula is C17H25FN2O. The van der Waals surface area contributed by atoms with Crippen LogP contribution in [0, 0.1) is 17.2 Å². The summed E-state index contributed by atoms with van der Waals surface area (Å²) >= 11 is 0. The molecule has 1 aromatic rings. The first-order valence-corrected chi connectivity index (χ1v) is 7.84. The summed E-state index contributed by atoms with van der Waals surface area (Å²) in [6.45, 7) is 6.88. The molecule has 1 N–H and O–H groups in total. The lowest BCUT2D eigenvalue weighted by Crippen LogP contribution is -2.40. The summed E-state index contributed by atoms with van der Waals surface area (Å²) in [5.41, 5.74) is 0.452. The third-order valence-corrected chi connectivity index (χ3v) is 5.10. The molecule has 1 aliphatic rings. The van der Waals surface area contributed by atoms with Crippen molar-refractivity contribution in [2.24, 2.45) is 11.3 Å². The minimum atomic E-state index is -0.559. The predicted molar refractivity (Wildman–Crippen MR) is 81.5 cm³/mol. The Morgan fingerprint density at radius 1 is 1.38 bits per heavy atom. The highest BCUT2D eigenvalue weighted by atomic mass is 19.1. The first-order chi connectivity index (χ1) is 9.94. The van der Waals surface area contributed by atoms with E-state index in [4.69, 9.17) is 0 Å². The number of hydrogen-bond acceptors (Lipinski definition) is 2. The van der Waals surface area contributed by atoms with Gasteiger partial charge in [-0.3, -0.25) is 9.78 Å². The van der Waals surface area contributed by atoms with Crippen LogP contribution in [0.15, 0.2) is 18.5 Å². The van der Waals surface area contributed by atoms with Crippen LogP contribution in [0.1, 0.15) is 63.2 Å². The molecule has 3 nitrogen and oxygen atoms in total. The molecule has 2 rings (SSSR count). The Morgan fingerprint density at radius 2 is 2.05 bits per heavy atom. The van der Waals surface area contributed by atoms with Gasteiger partial charge in [-0.25, -0.2) is 4.39 Å². The summed E-state index contributed by atoms with van der Waals surface area (Å²) in [7, 11) is 0. The van der Waals surface area contributed by atoms with Crippen LogP contribution in [0.25, 0.3) is 0 Å². The molecule has 1 fully saturated rings. The highest BCUT2D eigenvalue weighted by molar-refractivity contribution is 5.94. The molecule has 0 unspecified atom stereocenters. The standard InChI is InChI=1S/C17H25FN2O/c1-4-17(2,3)12-5-7-13(8-6-12)20-16(21)14-9-10-19-11-15(14)18/h9-13H,4-8H2,1-3H3,(H,20,21). The van der Waals surface area contributed by atoms with Crippen LogP contribution in [-0.2, 0) is 0 Å². The van der Waals surface area contributed by atoms with Gasteiger partial charge in [-0.1, -0.05) is 27.2 Å². The molecule has 1 saturated carbocycles. The second-order valence-corrected chi connectivity index (χ2v) is 6.72. The zero-order valence-corrected chi connectivity index (χ0v) is 13.2. The summed E-state index contributed by atoms with van der Waals surface area (Å²) in [6.07, 6.45) is 7.92. The number of nitrogens with zero attached hydrogens (tertiary/aromatic N) is 1. The number of halogens is 1. The van der Waals surface area contributed by atoms with Crippen LogP contribution in [0.5, 0.6) is 0 Å². The lowest BCUT2D eigenvalue weighted by atomic mass is 9.69. The van der Waals surface area contributed by atoms with Gasteiger partial charge in [0.25, 0.3) is 5.91 Å². The monoisotopic (exact) mass is 292 g/mol. The summed E-state index contributed by atoms with van der Waals surface area (Å²) < 4.78 is 13.5. The van der Waals surface area contributed by atoms with E-state index in [1.54, 1.807) is 0 Å². The molecule has 1 amide bonds. The van der Waals surface area contributed by atoms with Crippen LogP contribution in [0.3, 0.4) is 0 Å². The summed E-state index contributed by atoms with van der Waals surface area (Å²) in [5, 5.41) is 2.96. The van der Waals surface area contributed by atoms with Gasteiger partial charge in [0.2, 0.25) is 0 Å². The van der Waals surface area contributed by atoms with Crippen LogP contribution in [0.4, 0.5) is 4.39 Å². The van der Waals surface area contributed by atoms with Crippen molar-refractivity contribution in [3.05, 3.63) is 29.8 Å². The van der Waals surface area contributed by atoms with Gasteiger partial charge in [0.1, 0.15) is 0 Å². The lowest BCUT2D eigenvalue weighted by molar-refractivity contribution is 0.0889. The Morgan fingerprint density at radius 3 is 2.62 bits per heavy atom. The fourth-order valence-corrected chi connectivity index (χ4v) is 3.13. The van der Waals surface area contributed by atoms with Crippen molar-refractivity contribution in [1.82, 2.24) is 10.3 Å². The van der Waals surface area contributed by atoms with E-state index in [0.29, 0.717) is 11.3 Å². The Balaban J connectivity index is 1.89. The van der Waals surface area contributed by atoms with Gasteiger partial charge in [-0.2, -0.15) is 0 Å². The Labute approximate surface area is 126 Å². The number of aromatic nitrogens is 1. The van der Waals surface area contributed by atoms with Crippen LogP contribution >= 0.6 is 0 Å². The molecule has 116 valence electrons. The average molecular weight is 292 g/mol. The van der Waals surface area contributed by atoms with E-state index >= 15 is 0 Å². The Kier molecular flexibility index (Phi) is 4.96. The minimum absolute atomic E-state index is 0.0843. The number of pyridine rings is 1. The molecule has 0 atom stereocenters. The maximum Gasteiger partial charge on any atom is 0.254 e. The highest BCUT2D eigenvalue weighted by Gasteiger charge is 2.32. The van der Waals surface area contributed by atoms with E-state index < -0.39 is 5.82 Å². The van der Waals surface area contributed by atoms with Gasteiger partial charge in [0.05, 0.1) is 11.8 Å². The molecular weight excluding hydrogens is 267 g/mol. The molecule has 0 saturated heterocycles. The second-order valence-electron chi connectivity index (χ2n) is 6.72. The number of carbonyl (C=O) groups is 1. The summed E-state index contributed by atoms with van der Waals surface area (Å²) in [5.74, 6) is -0.169. The molecule has 21 heavy (non-hydrogen) atoms. The number of rotatable bonds is 4. The van der Waals surface area contributed by atoms with Crippen molar-refractivity contribution in [2.45, 2.75) is 58.9 Å². The van der Waals surface area contributed by atoms with E-state index in [-0.39, 0.29) is 17.5 Å². The number of carbonyl (C=O) groups excluding carboxylic acids is 1. The van der Waals surface area contributed by atoms with Gasteiger partial charge in [0, 0.05) is 12.2 Å². The quantitative estimate of drug-likeness (QED) is 0.913. The van der Waals surface area contributed by atoms with Gasteiger partial charge in [-0.05, 0) is 43.1 Å². The lowest BCUT2D eigenvalue weighted by Gasteiger charge is -2.39. The number of amides is 1. The predicted octanol–water partition coefficient (Wildman–Crippen LogP) is 3.95. The molecule has 0 aromatic carbocycles. The minimum Gasteiger partial charge on any atom is -0.349 e. The van der Waals surface area contributed by atoms with Crippen molar-refractivity contribution >= 4 is 5.91 Å². The summed E-state index contributed by atoms with van der Waals surface area (Å²) in [6, 6.07) is 1.59. The smallest absolute Gasteiger partial charge is 0.254 e.